The molecular formula is C12H15NOS. The molecule has 0 aliphatic heterocycles. The standard InChI is InChI=1S/C12H15NOS/c1-13(12(14)8-15)11-6-5-9-3-2-4-10(9)7-11/h5-7,15H,2-4,8H2,1H3. The lowest BCUT2D eigenvalue weighted by molar-refractivity contribution is -0.115. The fourth-order valence-electron chi connectivity index (χ4n) is 2.02. The second kappa shape index (κ2) is 4.27. The minimum Gasteiger partial charge on any atom is -0.315 e. The number of benzene rings is 1. The maximum absolute atomic E-state index is 11.5. The van der Waals surface area contributed by atoms with Crippen molar-refractivity contribution in [3.8, 4) is 0 Å². The van der Waals surface area contributed by atoms with Crippen LogP contribution in [0.1, 0.15) is 17.5 Å². The summed E-state index contributed by atoms with van der Waals surface area (Å²) in [6.45, 7) is 0. The lowest BCUT2D eigenvalue weighted by atomic mass is 10.1. The van der Waals surface area contributed by atoms with Crippen molar-refractivity contribution >= 4 is 24.2 Å². The molecule has 15 heavy (non-hydrogen) atoms. The van der Waals surface area contributed by atoms with E-state index in [0.717, 1.165) is 12.1 Å². The van der Waals surface area contributed by atoms with Gasteiger partial charge in [0, 0.05) is 12.7 Å². The van der Waals surface area contributed by atoms with Crippen LogP contribution in [0.15, 0.2) is 18.2 Å². The van der Waals surface area contributed by atoms with E-state index in [2.05, 4.69) is 24.8 Å². The normalized spacial score (nSPS) is 13.7. The number of carbonyl (C=O) groups is 1. The molecule has 0 spiro atoms. The SMILES string of the molecule is CN(C(=O)CS)c1ccc2c(c1)CCC2. The number of hydrogen-bond donors (Lipinski definition) is 1. The highest BCUT2D eigenvalue weighted by Gasteiger charge is 2.14. The zero-order chi connectivity index (χ0) is 10.8. The summed E-state index contributed by atoms with van der Waals surface area (Å²) in [5, 5.41) is 0. The monoisotopic (exact) mass is 221 g/mol. The van der Waals surface area contributed by atoms with Crippen molar-refractivity contribution in [2.45, 2.75) is 19.3 Å². The number of carbonyl (C=O) groups excluding carboxylic acids is 1. The van der Waals surface area contributed by atoms with E-state index in [1.165, 1.54) is 24.0 Å². The predicted octanol–water partition coefficient (Wildman–Crippen LogP) is 2.07. The smallest absolute Gasteiger partial charge is 0.236 e. The minimum absolute atomic E-state index is 0.0382. The summed E-state index contributed by atoms with van der Waals surface area (Å²) >= 11 is 4.00. The van der Waals surface area contributed by atoms with Gasteiger partial charge in [-0.3, -0.25) is 4.79 Å². The minimum atomic E-state index is 0.0382. The molecular weight excluding hydrogens is 206 g/mol. The van der Waals surface area contributed by atoms with Crippen LogP contribution in [0.5, 0.6) is 0 Å². The molecule has 2 rings (SSSR count). The molecule has 0 saturated carbocycles. The molecule has 1 amide bonds. The molecule has 0 aromatic heterocycles. The van der Waals surface area contributed by atoms with Crippen LogP contribution >= 0.6 is 12.6 Å². The number of aryl methyl sites for hydroxylation is 2. The van der Waals surface area contributed by atoms with Crippen molar-refractivity contribution in [2.24, 2.45) is 0 Å². The van der Waals surface area contributed by atoms with Crippen molar-refractivity contribution in [2.75, 3.05) is 17.7 Å². The van der Waals surface area contributed by atoms with Gasteiger partial charge in [0.25, 0.3) is 0 Å². The maximum Gasteiger partial charge on any atom is 0.236 e. The summed E-state index contributed by atoms with van der Waals surface area (Å²) in [7, 11) is 1.80. The lowest BCUT2D eigenvalue weighted by Crippen LogP contribution is -2.27. The summed E-state index contributed by atoms with van der Waals surface area (Å²) in [6.07, 6.45) is 3.56. The Bertz CT molecular complexity index is 389. The van der Waals surface area contributed by atoms with Crippen LogP contribution in [-0.2, 0) is 17.6 Å². The van der Waals surface area contributed by atoms with Crippen molar-refractivity contribution in [3.63, 3.8) is 0 Å². The molecule has 0 fully saturated rings. The molecule has 1 aliphatic carbocycles. The van der Waals surface area contributed by atoms with E-state index in [1.54, 1.807) is 11.9 Å². The highest BCUT2D eigenvalue weighted by atomic mass is 32.1. The number of hydrogen-bond acceptors (Lipinski definition) is 2. The number of rotatable bonds is 2. The van der Waals surface area contributed by atoms with E-state index in [4.69, 9.17) is 0 Å². The Morgan fingerprint density at radius 1 is 1.40 bits per heavy atom. The molecule has 0 saturated heterocycles. The fourth-order valence-corrected chi connectivity index (χ4v) is 2.23. The van der Waals surface area contributed by atoms with Gasteiger partial charge in [-0.15, -0.1) is 0 Å². The van der Waals surface area contributed by atoms with E-state index in [1.807, 2.05) is 6.07 Å². The van der Waals surface area contributed by atoms with E-state index in [0.29, 0.717) is 0 Å². The number of thiol groups is 1. The highest BCUT2D eigenvalue weighted by Crippen LogP contribution is 2.26. The highest BCUT2D eigenvalue weighted by molar-refractivity contribution is 7.81. The summed E-state index contributed by atoms with van der Waals surface area (Å²) in [4.78, 5) is 13.1. The van der Waals surface area contributed by atoms with Gasteiger partial charge in [-0.25, -0.2) is 0 Å². The largest absolute Gasteiger partial charge is 0.315 e. The maximum atomic E-state index is 11.5. The van der Waals surface area contributed by atoms with E-state index >= 15 is 0 Å². The molecule has 1 aromatic carbocycles. The van der Waals surface area contributed by atoms with Gasteiger partial charge >= 0.3 is 0 Å². The average molecular weight is 221 g/mol. The summed E-state index contributed by atoms with van der Waals surface area (Å²) in [5.41, 5.74) is 3.81. The third-order valence-electron chi connectivity index (χ3n) is 2.98. The quantitative estimate of drug-likeness (QED) is 0.758. The summed E-state index contributed by atoms with van der Waals surface area (Å²) < 4.78 is 0. The zero-order valence-electron chi connectivity index (χ0n) is 8.86. The Balaban J connectivity index is 2.26. The first-order chi connectivity index (χ1) is 7.22. The van der Waals surface area contributed by atoms with Gasteiger partial charge < -0.3 is 4.90 Å². The first-order valence-electron chi connectivity index (χ1n) is 5.21. The summed E-state index contributed by atoms with van der Waals surface area (Å²) in [6, 6.07) is 6.29. The van der Waals surface area contributed by atoms with E-state index in [-0.39, 0.29) is 11.7 Å². The first kappa shape index (κ1) is 10.6. The van der Waals surface area contributed by atoms with E-state index in [9.17, 15) is 4.79 Å². The third kappa shape index (κ3) is 2.02. The second-order valence-electron chi connectivity index (χ2n) is 3.92. The van der Waals surface area contributed by atoms with Crippen LogP contribution in [-0.4, -0.2) is 18.7 Å². The van der Waals surface area contributed by atoms with Gasteiger partial charge in [-0.1, -0.05) is 6.07 Å². The molecule has 0 radical (unpaired) electrons. The first-order valence-corrected chi connectivity index (χ1v) is 5.85. The Morgan fingerprint density at radius 3 is 2.87 bits per heavy atom. The van der Waals surface area contributed by atoms with Crippen LogP contribution in [0.4, 0.5) is 5.69 Å². The molecule has 1 aromatic rings. The van der Waals surface area contributed by atoms with Gasteiger partial charge in [0.2, 0.25) is 5.91 Å². The van der Waals surface area contributed by atoms with Gasteiger partial charge in [-0.2, -0.15) is 12.6 Å². The van der Waals surface area contributed by atoms with Gasteiger partial charge in [-0.05, 0) is 42.5 Å². The van der Waals surface area contributed by atoms with Crippen molar-refractivity contribution in [3.05, 3.63) is 29.3 Å². The van der Waals surface area contributed by atoms with Gasteiger partial charge in [0.05, 0.1) is 5.75 Å². The molecule has 0 N–H and O–H groups in total. The molecule has 3 heteroatoms. The topological polar surface area (TPSA) is 20.3 Å². The zero-order valence-corrected chi connectivity index (χ0v) is 9.76. The molecule has 2 nitrogen and oxygen atoms in total. The third-order valence-corrected chi connectivity index (χ3v) is 3.25. The van der Waals surface area contributed by atoms with E-state index < -0.39 is 0 Å². The van der Waals surface area contributed by atoms with Crippen LogP contribution in [0.25, 0.3) is 0 Å². The molecule has 80 valence electrons. The van der Waals surface area contributed by atoms with Crippen LogP contribution in [0, 0.1) is 0 Å². The lowest BCUT2D eigenvalue weighted by Gasteiger charge is -2.17. The molecule has 0 bridgehead atoms. The van der Waals surface area contributed by atoms with Crippen molar-refractivity contribution in [1.29, 1.82) is 0 Å². The molecule has 0 unspecified atom stereocenters. The fraction of sp³-hybridized carbons (Fsp3) is 0.417. The Morgan fingerprint density at radius 2 is 2.13 bits per heavy atom. The number of amides is 1. The second-order valence-corrected chi connectivity index (χ2v) is 4.23. The van der Waals surface area contributed by atoms with Crippen molar-refractivity contribution < 1.29 is 4.79 Å². The molecule has 0 heterocycles. The average Bonchev–Trinajstić information content (AvgIpc) is 2.73. The summed E-state index contributed by atoms with van der Waals surface area (Å²) in [5.74, 6) is 0.296. The Hall–Kier alpha value is -0.960. The van der Waals surface area contributed by atoms with Crippen LogP contribution in [0.2, 0.25) is 0 Å². The van der Waals surface area contributed by atoms with Crippen molar-refractivity contribution in [1.82, 2.24) is 0 Å². The molecule has 0 atom stereocenters. The van der Waals surface area contributed by atoms with Crippen LogP contribution in [0.3, 0.4) is 0 Å². The number of nitrogens with zero attached hydrogens (tertiary/aromatic N) is 1. The van der Waals surface area contributed by atoms with Gasteiger partial charge in [0.15, 0.2) is 0 Å². The van der Waals surface area contributed by atoms with Crippen LogP contribution < -0.4 is 4.90 Å². The molecule has 1 aliphatic rings. The van der Waals surface area contributed by atoms with Gasteiger partial charge in [0.1, 0.15) is 0 Å². The number of fused-ring (bicyclic) bond motifs is 1. The number of anilines is 1. The predicted molar refractivity (Wildman–Crippen MR) is 65.7 cm³/mol. The Labute approximate surface area is 95.7 Å². The Kier molecular flexibility index (Phi) is 3.00.